The lowest BCUT2D eigenvalue weighted by molar-refractivity contribution is 0.215. The van der Waals surface area contributed by atoms with Crippen molar-refractivity contribution in [2.75, 3.05) is 33.1 Å². The van der Waals surface area contributed by atoms with Crippen molar-refractivity contribution in [2.45, 2.75) is 11.3 Å². The van der Waals surface area contributed by atoms with Gasteiger partial charge in [-0.1, -0.05) is 18.2 Å². The number of benzene rings is 1. The minimum Gasteiger partial charge on any atom is -0.492 e. The fourth-order valence-corrected chi connectivity index (χ4v) is 4.02. The Kier molecular flexibility index (Phi) is 4.44. The molecule has 2 rings (SSSR count). The number of hydrogen-bond donors (Lipinski definition) is 1. The molecule has 0 saturated carbocycles. The minimum atomic E-state index is -3.26. The first kappa shape index (κ1) is 14.3. The monoisotopic (exact) mass is 285 g/mol. The Balaban J connectivity index is 2.29. The van der Waals surface area contributed by atoms with Gasteiger partial charge in [-0.15, -0.1) is 0 Å². The molecule has 0 spiro atoms. The summed E-state index contributed by atoms with van der Waals surface area (Å²) in [6.07, 6.45) is 0. The molecule has 0 bridgehead atoms. The summed E-state index contributed by atoms with van der Waals surface area (Å²) in [5.41, 5.74) is 0.891. The highest BCUT2D eigenvalue weighted by molar-refractivity contribution is 7.92. The largest absolute Gasteiger partial charge is 0.492 e. The summed E-state index contributed by atoms with van der Waals surface area (Å²) in [6.45, 7) is 0.380. The molecule has 0 aliphatic carbocycles. The fourth-order valence-electron chi connectivity index (χ4n) is 2.34. The third-order valence-electron chi connectivity index (χ3n) is 3.37. The van der Waals surface area contributed by atoms with Gasteiger partial charge >= 0.3 is 0 Å². The smallest absolute Gasteiger partial charge is 0.160 e. The van der Waals surface area contributed by atoms with Crippen LogP contribution in [0.25, 0.3) is 0 Å². The van der Waals surface area contributed by atoms with Crippen LogP contribution in [0.2, 0.25) is 0 Å². The molecule has 2 unspecified atom stereocenters. The zero-order valence-electron chi connectivity index (χ0n) is 11.1. The zero-order valence-corrected chi connectivity index (χ0v) is 11.9. The molecule has 6 heteroatoms. The Hall–Kier alpha value is -1.11. The van der Waals surface area contributed by atoms with Crippen LogP contribution in [0, 0.1) is 0 Å². The highest BCUT2D eigenvalue weighted by Crippen LogP contribution is 2.34. The minimum absolute atomic E-state index is 0.0118. The molecule has 1 heterocycles. The third kappa shape index (κ3) is 2.91. The number of fused-ring (bicyclic) bond motifs is 1. The molecule has 1 aromatic rings. The third-order valence-corrected chi connectivity index (χ3v) is 5.44. The fraction of sp³-hybridized carbons (Fsp3) is 0.538. The maximum absolute atomic E-state index is 12.3. The molecule has 0 amide bonds. The van der Waals surface area contributed by atoms with Crippen molar-refractivity contribution in [3.8, 4) is 5.75 Å². The number of sulfone groups is 1. The summed E-state index contributed by atoms with van der Waals surface area (Å²) < 4.78 is 35.1. The number of para-hydroxylation sites is 1. The van der Waals surface area contributed by atoms with Gasteiger partial charge in [0.1, 0.15) is 17.6 Å². The van der Waals surface area contributed by atoms with Crippen molar-refractivity contribution in [1.82, 2.24) is 5.32 Å². The van der Waals surface area contributed by atoms with Gasteiger partial charge in [0.2, 0.25) is 0 Å². The summed E-state index contributed by atoms with van der Waals surface area (Å²) in [7, 11) is 0.00524. The van der Waals surface area contributed by atoms with Crippen LogP contribution in [0.4, 0.5) is 0 Å². The zero-order chi connectivity index (χ0) is 13.9. The van der Waals surface area contributed by atoms with E-state index in [9.17, 15) is 8.42 Å². The van der Waals surface area contributed by atoms with Gasteiger partial charge in [0.15, 0.2) is 9.84 Å². The maximum Gasteiger partial charge on any atom is 0.160 e. The Labute approximate surface area is 113 Å². The Morgan fingerprint density at radius 1 is 1.42 bits per heavy atom. The van der Waals surface area contributed by atoms with Gasteiger partial charge in [0.05, 0.1) is 18.4 Å². The lowest BCUT2D eigenvalue weighted by atomic mass is 10.0. The van der Waals surface area contributed by atoms with Gasteiger partial charge in [0, 0.05) is 12.7 Å². The number of methoxy groups -OCH3 is 1. The van der Waals surface area contributed by atoms with Gasteiger partial charge in [-0.25, -0.2) is 8.42 Å². The van der Waals surface area contributed by atoms with E-state index < -0.39 is 15.1 Å². The van der Waals surface area contributed by atoms with Crippen molar-refractivity contribution in [2.24, 2.45) is 0 Å². The first-order chi connectivity index (χ1) is 9.10. The molecule has 1 N–H and O–H groups in total. The molecular weight excluding hydrogens is 266 g/mol. The number of ether oxygens (including phenoxy) is 2. The van der Waals surface area contributed by atoms with Crippen molar-refractivity contribution < 1.29 is 17.9 Å². The predicted molar refractivity (Wildman–Crippen MR) is 73.2 cm³/mol. The van der Waals surface area contributed by atoms with Crippen LogP contribution in [0.15, 0.2) is 24.3 Å². The normalized spacial score (nSPS) is 22.6. The molecule has 1 aromatic carbocycles. The summed E-state index contributed by atoms with van der Waals surface area (Å²) in [6, 6.07) is 7.28. The highest BCUT2D eigenvalue weighted by Gasteiger charge is 2.38. The molecule has 0 aromatic heterocycles. The molecule has 0 saturated heterocycles. The molecule has 1 aliphatic heterocycles. The van der Waals surface area contributed by atoms with Crippen LogP contribution >= 0.6 is 0 Å². The van der Waals surface area contributed by atoms with Gasteiger partial charge in [-0.2, -0.15) is 0 Å². The summed E-state index contributed by atoms with van der Waals surface area (Å²) in [5, 5.41) is 2.51. The van der Waals surface area contributed by atoms with Gasteiger partial charge < -0.3 is 14.8 Å². The molecule has 0 fully saturated rings. The van der Waals surface area contributed by atoms with E-state index >= 15 is 0 Å². The van der Waals surface area contributed by atoms with Crippen LogP contribution in [-0.2, 0) is 14.6 Å². The summed E-state index contributed by atoms with van der Waals surface area (Å²) >= 11 is 0. The topological polar surface area (TPSA) is 64.6 Å². The maximum atomic E-state index is 12.3. The van der Waals surface area contributed by atoms with E-state index in [1.54, 1.807) is 7.05 Å². The molecular formula is C13H19NO4S. The molecule has 106 valence electrons. The second kappa shape index (κ2) is 5.90. The van der Waals surface area contributed by atoms with Crippen LogP contribution < -0.4 is 10.1 Å². The van der Waals surface area contributed by atoms with Crippen molar-refractivity contribution in [3.63, 3.8) is 0 Å². The average molecular weight is 285 g/mol. The Bertz CT molecular complexity index is 529. The Morgan fingerprint density at radius 3 is 2.84 bits per heavy atom. The van der Waals surface area contributed by atoms with Crippen molar-refractivity contribution in [1.29, 1.82) is 0 Å². The van der Waals surface area contributed by atoms with Crippen LogP contribution in [0.5, 0.6) is 5.75 Å². The van der Waals surface area contributed by atoms with Crippen LogP contribution in [-0.4, -0.2) is 46.8 Å². The second-order valence-corrected chi connectivity index (χ2v) is 6.85. The molecule has 19 heavy (non-hydrogen) atoms. The molecule has 1 aliphatic rings. The van der Waals surface area contributed by atoms with Gasteiger partial charge in [-0.3, -0.25) is 0 Å². The lowest BCUT2D eigenvalue weighted by Gasteiger charge is -2.33. The quantitative estimate of drug-likeness (QED) is 0.865. The van der Waals surface area contributed by atoms with Crippen LogP contribution in [0.1, 0.15) is 11.6 Å². The van der Waals surface area contributed by atoms with E-state index in [4.69, 9.17) is 9.47 Å². The number of nitrogens with one attached hydrogen (secondary N) is 1. The first-order valence-corrected chi connectivity index (χ1v) is 7.91. The van der Waals surface area contributed by atoms with E-state index in [-0.39, 0.29) is 25.0 Å². The van der Waals surface area contributed by atoms with Gasteiger partial charge in [0.25, 0.3) is 0 Å². The van der Waals surface area contributed by atoms with E-state index in [2.05, 4.69) is 5.32 Å². The molecule has 5 nitrogen and oxygen atoms in total. The predicted octanol–water partition coefficient (Wildman–Crippen LogP) is 0.769. The SMILES string of the molecule is CNC1c2ccccc2OCC1S(=O)(=O)CCOC. The molecule has 0 radical (unpaired) electrons. The number of hydrogen-bond acceptors (Lipinski definition) is 5. The van der Waals surface area contributed by atoms with Crippen molar-refractivity contribution >= 4 is 9.84 Å². The van der Waals surface area contributed by atoms with Crippen molar-refractivity contribution in [3.05, 3.63) is 29.8 Å². The standard InChI is InChI=1S/C13H19NO4S/c1-14-13-10-5-3-4-6-11(10)18-9-12(13)19(15,16)8-7-17-2/h3-6,12-14H,7-9H2,1-2H3. The van der Waals surface area contributed by atoms with E-state index in [0.717, 1.165) is 11.3 Å². The second-order valence-electron chi connectivity index (χ2n) is 4.51. The average Bonchev–Trinajstić information content (AvgIpc) is 2.43. The molecule has 2 atom stereocenters. The van der Waals surface area contributed by atoms with Crippen LogP contribution in [0.3, 0.4) is 0 Å². The van der Waals surface area contributed by atoms with E-state index in [1.807, 2.05) is 24.3 Å². The Morgan fingerprint density at radius 2 is 2.16 bits per heavy atom. The van der Waals surface area contributed by atoms with E-state index in [1.165, 1.54) is 7.11 Å². The van der Waals surface area contributed by atoms with E-state index in [0.29, 0.717) is 0 Å². The van der Waals surface area contributed by atoms with Gasteiger partial charge in [-0.05, 0) is 13.1 Å². The first-order valence-electron chi connectivity index (χ1n) is 6.19. The number of rotatable bonds is 5. The highest BCUT2D eigenvalue weighted by atomic mass is 32.2. The summed E-state index contributed by atoms with van der Waals surface area (Å²) in [5.74, 6) is 0.762. The summed E-state index contributed by atoms with van der Waals surface area (Å²) in [4.78, 5) is 0. The lowest BCUT2D eigenvalue weighted by Crippen LogP contribution is -2.44.